The molecule has 0 spiro atoms. The van der Waals surface area contributed by atoms with E-state index in [1.165, 1.54) is 4.90 Å². The van der Waals surface area contributed by atoms with Crippen LogP contribution in [0, 0.1) is 6.92 Å². The molecule has 5 rings (SSSR count). The monoisotopic (exact) mass is 384 g/mol. The number of pyridine rings is 1. The molecule has 4 aromatic rings. The molecule has 1 atom stereocenters. The fourth-order valence-corrected chi connectivity index (χ4v) is 3.83. The van der Waals surface area contributed by atoms with Crippen LogP contribution >= 0.6 is 0 Å². The van der Waals surface area contributed by atoms with Crippen LogP contribution in [0.3, 0.4) is 0 Å². The summed E-state index contributed by atoms with van der Waals surface area (Å²) in [4.78, 5) is 32.5. The first-order valence-corrected chi connectivity index (χ1v) is 9.15. The van der Waals surface area contributed by atoms with Gasteiger partial charge in [0.2, 0.25) is 5.76 Å². The number of fused-ring (bicyclic) bond motifs is 2. The Morgan fingerprint density at radius 1 is 1.03 bits per heavy atom. The van der Waals surface area contributed by atoms with Crippen LogP contribution in [-0.2, 0) is 0 Å². The first-order valence-electron chi connectivity index (χ1n) is 9.15. The highest BCUT2D eigenvalue weighted by atomic mass is 16.3. The summed E-state index contributed by atoms with van der Waals surface area (Å²) in [6.07, 6.45) is 1.58. The van der Waals surface area contributed by atoms with E-state index in [9.17, 15) is 14.7 Å². The van der Waals surface area contributed by atoms with E-state index in [1.54, 1.807) is 60.8 Å². The number of phenols is 1. The quantitative estimate of drug-likeness (QED) is 0.566. The number of carbonyl (C=O) groups excluding carboxylic acids is 1. The number of aromatic hydroxyl groups is 1. The van der Waals surface area contributed by atoms with Crippen molar-refractivity contribution in [3.63, 3.8) is 0 Å². The summed E-state index contributed by atoms with van der Waals surface area (Å²) in [5.74, 6) is 0.0132. The fourth-order valence-electron chi connectivity index (χ4n) is 3.83. The molecule has 29 heavy (non-hydrogen) atoms. The molecule has 6 nitrogen and oxygen atoms in total. The van der Waals surface area contributed by atoms with Gasteiger partial charge in [-0.1, -0.05) is 29.8 Å². The Labute approximate surface area is 165 Å². The second kappa shape index (κ2) is 6.31. The Hall–Kier alpha value is -3.93. The van der Waals surface area contributed by atoms with Gasteiger partial charge in [0.15, 0.2) is 5.43 Å². The van der Waals surface area contributed by atoms with Gasteiger partial charge in [-0.05, 0) is 48.9 Å². The summed E-state index contributed by atoms with van der Waals surface area (Å²) in [5, 5.41) is 10.4. The highest BCUT2D eigenvalue weighted by molar-refractivity contribution is 6.10. The normalized spacial score (nSPS) is 15.7. The average Bonchev–Trinajstić information content (AvgIpc) is 3.02. The number of hydrogen-bond donors (Lipinski definition) is 1. The number of benzene rings is 2. The minimum absolute atomic E-state index is 0.00495. The minimum atomic E-state index is -0.749. The Kier molecular flexibility index (Phi) is 3.74. The van der Waals surface area contributed by atoms with Crippen molar-refractivity contribution in [2.24, 2.45) is 0 Å². The zero-order valence-corrected chi connectivity index (χ0v) is 15.5. The SMILES string of the molecule is Cc1ccc2oc3c(c(=O)c2c1)[C@@H](c1cccc(O)c1)N(c1ccccn1)C3=O. The van der Waals surface area contributed by atoms with Crippen molar-refractivity contribution in [1.82, 2.24) is 4.98 Å². The van der Waals surface area contributed by atoms with Gasteiger partial charge in [-0.3, -0.25) is 14.5 Å². The minimum Gasteiger partial charge on any atom is -0.508 e. The first-order chi connectivity index (χ1) is 14.0. The van der Waals surface area contributed by atoms with Gasteiger partial charge in [0.05, 0.1) is 17.0 Å². The smallest absolute Gasteiger partial charge is 0.296 e. The summed E-state index contributed by atoms with van der Waals surface area (Å²) in [6, 6.07) is 16.3. The van der Waals surface area contributed by atoms with Crippen molar-refractivity contribution in [2.75, 3.05) is 4.90 Å². The van der Waals surface area contributed by atoms with Crippen molar-refractivity contribution >= 4 is 22.7 Å². The Balaban J connectivity index is 1.84. The van der Waals surface area contributed by atoms with Gasteiger partial charge in [-0.15, -0.1) is 0 Å². The number of anilines is 1. The third kappa shape index (κ3) is 2.61. The number of aryl methyl sites for hydroxylation is 1. The van der Waals surface area contributed by atoms with Crippen LogP contribution < -0.4 is 10.3 Å². The predicted octanol–water partition coefficient (Wildman–Crippen LogP) is 3.95. The van der Waals surface area contributed by atoms with Crippen LogP contribution in [0.5, 0.6) is 5.75 Å². The lowest BCUT2D eigenvalue weighted by atomic mass is 9.98. The Morgan fingerprint density at radius 2 is 1.90 bits per heavy atom. The summed E-state index contributed by atoms with van der Waals surface area (Å²) < 4.78 is 5.90. The number of hydrogen-bond acceptors (Lipinski definition) is 5. The molecule has 6 heteroatoms. The second-order valence-corrected chi connectivity index (χ2v) is 7.03. The van der Waals surface area contributed by atoms with E-state index >= 15 is 0 Å². The third-order valence-corrected chi connectivity index (χ3v) is 5.11. The number of amides is 1. The van der Waals surface area contributed by atoms with E-state index in [0.717, 1.165) is 5.56 Å². The number of nitrogens with zero attached hydrogens (tertiary/aromatic N) is 2. The van der Waals surface area contributed by atoms with Crippen molar-refractivity contribution in [2.45, 2.75) is 13.0 Å². The van der Waals surface area contributed by atoms with Crippen LogP contribution in [0.1, 0.15) is 33.3 Å². The summed E-state index contributed by atoms with van der Waals surface area (Å²) in [7, 11) is 0. The molecule has 2 aromatic heterocycles. The van der Waals surface area contributed by atoms with Crippen LogP contribution in [0.25, 0.3) is 11.0 Å². The molecular weight excluding hydrogens is 368 g/mol. The van der Waals surface area contributed by atoms with Crippen molar-refractivity contribution in [1.29, 1.82) is 0 Å². The molecule has 1 N–H and O–H groups in total. The molecule has 0 saturated carbocycles. The summed E-state index contributed by atoms with van der Waals surface area (Å²) in [5.41, 5.74) is 1.88. The molecule has 0 radical (unpaired) electrons. The van der Waals surface area contributed by atoms with Crippen LogP contribution in [0.15, 0.2) is 76.1 Å². The zero-order chi connectivity index (χ0) is 20.1. The second-order valence-electron chi connectivity index (χ2n) is 7.03. The average molecular weight is 384 g/mol. The molecule has 1 aliphatic heterocycles. The van der Waals surface area contributed by atoms with Crippen molar-refractivity contribution < 1.29 is 14.3 Å². The highest BCUT2D eigenvalue weighted by Crippen LogP contribution is 2.41. The van der Waals surface area contributed by atoms with Crippen LogP contribution in [-0.4, -0.2) is 16.0 Å². The van der Waals surface area contributed by atoms with E-state index in [2.05, 4.69) is 4.98 Å². The maximum absolute atomic E-state index is 13.4. The first kappa shape index (κ1) is 17.2. The predicted molar refractivity (Wildman–Crippen MR) is 108 cm³/mol. The van der Waals surface area contributed by atoms with Gasteiger partial charge in [0.1, 0.15) is 17.2 Å². The maximum atomic E-state index is 13.4. The Bertz CT molecular complexity index is 1330. The van der Waals surface area contributed by atoms with Crippen LogP contribution in [0.4, 0.5) is 5.82 Å². The molecule has 3 heterocycles. The lowest BCUT2D eigenvalue weighted by Gasteiger charge is -2.24. The molecule has 2 aromatic carbocycles. The Morgan fingerprint density at radius 3 is 2.66 bits per heavy atom. The largest absolute Gasteiger partial charge is 0.508 e. The van der Waals surface area contributed by atoms with Crippen molar-refractivity contribution in [3.8, 4) is 5.75 Å². The van der Waals surface area contributed by atoms with Gasteiger partial charge in [0, 0.05) is 6.20 Å². The van der Waals surface area contributed by atoms with Gasteiger partial charge >= 0.3 is 0 Å². The molecule has 0 aliphatic carbocycles. The molecule has 0 unspecified atom stereocenters. The molecule has 1 amide bonds. The van der Waals surface area contributed by atoms with E-state index in [0.29, 0.717) is 22.4 Å². The van der Waals surface area contributed by atoms with E-state index in [4.69, 9.17) is 4.42 Å². The molecule has 1 aliphatic rings. The number of rotatable bonds is 2. The molecular formula is C23H16N2O4. The fraction of sp³-hybridized carbons (Fsp3) is 0.0870. The highest BCUT2D eigenvalue weighted by Gasteiger charge is 2.44. The summed E-state index contributed by atoms with van der Waals surface area (Å²) in [6.45, 7) is 1.89. The van der Waals surface area contributed by atoms with Gasteiger partial charge < -0.3 is 9.52 Å². The van der Waals surface area contributed by atoms with Gasteiger partial charge in [-0.25, -0.2) is 4.98 Å². The lowest BCUT2D eigenvalue weighted by Crippen LogP contribution is -2.30. The van der Waals surface area contributed by atoms with Gasteiger partial charge in [-0.2, -0.15) is 0 Å². The van der Waals surface area contributed by atoms with Gasteiger partial charge in [0.25, 0.3) is 5.91 Å². The van der Waals surface area contributed by atoms with Crippen molar-refractivity contribution in [3.05, 3.63) is 99.5 Å². The number of phenolic OH excluding ortho intramolecular Hbond substituents is 1. The van der Waals surface area contributed by atoms with E-state index < -0.39 is 11.9 Å². The molecule has 0 fully saturated rings. The number of aromatic nitrogens is 1. The molecule has 0 bridgehead atoms. The molecule has 142 valence electrons. The molecule has 0 saturated heterocycles. The third-order valence-electron chi connectivity index (χ3n) is 5.11. The van der Waals surface area contributed by atoms with E-state index in [-0.39, 0.29) is 22.5 Å². The zero-order valence-electron chi connectivity index (χ0n) is 15.5. The maximum Gasteiger partial charge on any atom is 0.296 e. The lowest BCUT2D eigenvalue weighted by molar-refractivity contribution is 0.0970. The standard InChI is InChI=1S/C23H16N2O4/c1-13-8-9-17-16(11-13)21(27)19-20(14-5-4-6-15(26)12-14)25(23(28)22(19)29-17)18-7-2-3-10-24-18/h2-12,20,26H,1H3/t20-/m1/s1. The van der Waals surface area contributed by atoms with E-state index in [1.807, 2.05) is 13.0 Å². The number of carbonyl (C=O) groups is 1. The summed E-state index contributed by atoms with van der Waals surface area (Å²) >= 11 is 0. The topological polar surface area (TPSA) is 83.6 Å². The van der Waals surface area contributed by atoms with Crippen LogP contribution in [0.2, 0.25) is 0 Å².